The van der Waals surface area contributed by atoms with Gasteiger partial charge in [-0.25, -0.2) is 5.10 Å². The van der Waals surface area contributed by atoms with Gasteiger partial charge in [0.15, 0.2) is 6.01 Å². The fourth-order valence-electron chi connectivity index (χ4n) is 0.351. The van der Waals surface area contributed by atoms with E-state index in [0.29, 0.717) is 0 Å². The zero-order valence-corrected chi connectivity index (χ0v) is 8.31. The van der Waals surface area contributed by atoms with Crippen molar-refractivity contribution in [3.63, 3.8) is 0 Å². The molecule has 0 aromatic carbocycles. The number of ether oxygens (including phenoxy) is 1. The summed E-state index contributed by atoms with van der Waals surface area (Å²) in [5.74, 6) is -0.394. The molecule has 54 valence electrons. The number of nitrogens with zero attached hydrogens (tertiary/aromatic N) is 4. The van der Waals surface area contributed by atoms with E-state index in [0.717, 1.165) is 0 Å². The van der Waals surface area contributed by atoms with E-state index in [4.69, 9.17) is 0 Å². The topological polar surface area (TPSA) is 79.1 Å². The molecule has 1 heterocycles. The molecular formula is C4H5N4NaO2. The van der Waals surface area contributed by atoms with E-state index in [9.17, 15) is 4.79 Å². The third kappa shape index (κ3) is 3.45. The number of carbonyl (C=O) groups excluding carboxylic acids is 1. The normalized spacial score (nSPS) is 8.45. The van der Waals surface area contributed by atoms with Gasteiger partial charge in [0.05, 0.1) is 0 Å². The van der Waals surface area contributed by atoms with Crippen molar-refractivity contribution in [2.45, 2.75) is 13.3 Å². The molecule has 0 unspecified atom stereocenters. The Labute approximate surface area is 85.0 Å². The van der Waals surface area contributed by atoms with E-state index in [-0.39, 0.29) is 42.0 Å². The van der Waals surface area contributed by atoms with Crippen molar-refractivity contribution in [2.24, 2.45) is 0 Å². The Morgan fingerprint density at radius 1 is 1.73 bits per heavy atom. The number of hydrogen-bond acceptors (Lipinski definition) is 5. The third-order valence-electron chi connectivity index (χ3n) is 0.794. The molecule has 0 saturated carbocycles. The predicted octanol–water partition coefficient (Wildman–Crippen LogP) is -3.85. The Morgan fingerprint density at radius 3 is 2.91 bits per heavy atom. The van der Waals surface area contributed by atoms with Crippen molar-refractivity contribution < 1.29 is 39.1 Å². The van der Waals surface area contributed by atoms with E-state index < -0.39 is 5.97 Å². The van der Waals surface area contributed by atoms with Crippen LogP contribution >= 0.6 is 0 Å². The van der Waals surface area contributed by atoms with Gasteiger partial charge in [-0.05, 0) is 0 Å². The van der Waals surface area contributed by atoms with Crippen LogP contribution in [-0.2, 0) is 4.79 Å². The Balaban J connectivity index is 0.000001000. The standard InChI is InChI=1S/C4H5N4O2.Na/c1-2-3(9)10-4-5-7-8-6-4;/h2H2,1H3;/q-1;+1. The zero-order chi connectivity index (χ0) is 7.40. The maximum absolute atomic E-state index is 10.5. The zero-order valence-electron chi connectivity index (χ0n) is 6.31. The van der Waals surface area contributed by atoms with Crippen LogP contribution < -0.4 is 39.4 Å². The molecule has 0 amide bonds. The van der Waals surface area contributed by atoms with Gasteiger partial charge in [-0.3, -0.25) is 15.1 Å². The Hall–Kier alpha value is -0.460. The number of esters is 1. The van der Waals surface area contributed by atoms with Crippen LogP contribution in [0, 0.1) is 0 Å². The fourth-order valence-corrected chi connectivity index (χ4v) is 0.351. The first-order chi connectivity index (χ1) is 4.83. The minimum atomic E-state index is -0.394. The number of aromatic nitrogens is 4. The minimum absolute atomic E-state index is 0. The van der Waals surface area contributed by atoms with E-state index in [1.807, 2.05) is 0 Å². The minimum Gasteiger partial charge on any atom is -0.418 e. The molecule has 0 saturated heterocycles. The first-order valence-electron chi connectivity index (χ1n) is 2.72. The second-order valence-corrected chi connectivity index (χ2v) is 1.49. The Bertz CT molecular complexity index is 212. The van der Waals surface area contributed by atoms with Gasteiger partial charge in [-0.2, -0.15) is 5.21 Å². The molecule has 6 nitrogen and oxygen atoms in total. The van der Waals surface area contributed by atoms with Gasteiger partial charge in [-0.15, -0.1) is 0 Å². The molecule has 7 heteroatoms. The molecule has 1 aromatic rings. The van der Waals surface area contributed by atoms with Gasteiger partial charge in [0, 0.05) is 6.42 Å². The third-order valence-corrected chi connectivity index (χ3v) is 0.794. The molecular weight excluding hydrogens is 159 g/mol. The molecule has 0 N–H and O–H groups in total. The molecule has 0 bridgehead atoms. The largest absolute Gasteiger partial charge is 1.00 e. The van der Waals surface area contributed by atoms with Crippen molar-refractivity contribution in [1.29, 1.82) is 0 Å². The SMILES string of the molecule is CCC(=O)Oc1nnn[n-]1.[Na+]. The van der Waals surface area contributed by atoms with Crippen LogP contribution in [0.15, 0.2) is 0 Å². The molecule has 0 aliphatic heterocycles. The second-order valence-electron chi connectivity index (χ2n) is 1.49. The van der Waals surface area contributed by atoms with E-state index in [1.54, 1.807) is 6.92 Å². The number of carbonyl (C=O) groups is 1. The summed E-state index contributed by atoms with van der Waals surface area (Å²) in [4.78, 5) is 10.5. The van der Waals surface area contributed by atoms with Crippen molar-refractivity contribution >= 4 is 5.97 Å². The van der Waals surface area contributed by atoms with E-state index >= 15 is 0 Å². The van der Waals surface area contributed by atoms with Crippen molar-refractivity contribution in [1.82, 2.24) is 20.6 Å². The quantitative estimate of drug-likeness (QED) is 0.329. The summed E-state index contributed by atoms with van der Waals surface area (Å²) < 4.78 is 4.52. The molecule has 1 aromatic heterocycles. The summed E-state index contributed by atoms with van der Waals surface area (Å²) in [7, 11) is 0. The summed E-state index contributed by atoms with van der Waals surface area (Å²) in [5.41, 5.74) is 0. The number of rotatable bonds is 2. The molecule has 0 aliphatic carbocycles. The maximum atomic E-state index is 10.5. The van der Waals surface area contributed by atoms with Gasteiger partial charge < -0.3 is 4.74 Å². The van der Waals surface area contributed by atoms with Crippen LogP contribution in [0.25, 0.3) is 0 Å². The summed E-state index contributed by atoms with van der Waals surface area (Å²) in [6.45, 7) is 1.67. The van der Waals surface area contributed by atoms with Crippen LogP contribution in [-0.4, -0.2) is 21.5 Å². The van der Waals surface area contributed by atoms with Crippen LogP contribution in [0.4, 0.5) is 0 Å². The smallest absolute Gasteiger partial charge is 0.418 e. The monoisotopic (exact) mass is 164 g/mol. The molecule has 1 rings (SSSR count). The molecule has 0 spiro atoms. The molecule has 0 radical (unpaired) electrons. The average Bonchev–Trinajstić information content (AvgIpc) is 2.40. The number of hydrogen-bond donors (Lipinski definition) is 0. The fraction of sp³-hybridized carbons (Fsp3) is 0.500. The second kappa shape index (κ2) is 5.22. The predicted molar refractivity (Wildman–Crippen MR) is 29.1 cm³/mol. The summed E-state index contributed by atoms with van der Waals surface area (Å²) in [5, 5.41) is 12.8. The first-order valence-corrected chi connectivity index (χ1v) is 2.72. The van der Waals surface area contributed by atoms with Crippen molar-refractivity contribution in [2.75, 3.05) is 0 Å². The molecule has 0 atom stereocenters. The molecule has 0 fully saturated rings. The summed E-state index contributed by atoms with van der Waals surface area (Å²) in [6.07, 6.45) is 0.286. The van der Waals surface area contributed by atoms with Crippen LogP contribution in [0.5, 0.6) is 6.01 Å². The van der Waals surface area contributed by atoms with Crippen LogP contribution in [0.3, 0.4) is 0 Å². The first kappa shape index (κ1) is 10.5. The van der Waals surface area contributed by atoms with Crippen LogP contribution in [0.2, 0.25) is 0 Å². The van der Waals surface area contributed by atoms with Crippen molar-refractivity contribution in [3.8, 4) is 6.01 Å². The van der Waals surface area contributed by atoms with E-state index in [2.05, 4.69) is 25.4 Å². The molecule has 0 aliphatic rings. The molecule has 11 heavy (non-hydrogen) atoms. The Kier molecular flexibility index (Phi) is 5.01. The summed E-state index contributed by atoms with van der Waals surface area (Å²) in [6, 6.07) is -0.0909. The van der Waals surface area contributed by atoms with Gasteiger partial charge in [0.2, 0.25) is 0 Å². The summed E-state index contributed by atoms with van der Waals surface area (Å²) >= 11 is 0. The van der Waals surface area contributed by atoms with Crippen LogP contribution in [0.1, 0.15) is 13.3 Å². The average molecular weight is 164 g/mol. The van der Waals surface area contributed by atoms with Gasteiger partial charge >= 0.3 is 35.5 Å². The van der Waals surface area contributed by atoms with Crippen molar-refractivity contribution in [3.05, 3.63) is 0 Å². The maximum Gasteiger partial charge on any atom is 1.00 e. The Morgan fingerprint density at radius 2 is 2.45 bits per heavy atom. The number of tetrazole rings is 1. The van der Waals surface area contributed by atoms with Gasteiger partial charge in [-0.1, -0.05) is 6.92 Å². The van der Waals surface area contributed by atoms with Gasteiger partial charge in [0.25, 0.3) is 0 Å². The van der Waals surface area contributed by atoms with E-state index in [1.165, 1.54) is 0 Å². The van der Waals surface area contributed by atoms with Gasteiger partial charge in [0.1, 0.15) is 0 Å².